The zero-order valence-electron chi connectivity index (χ0n) is 17.9. The van der Waals surface area contributed by atoms with Crippen LogP contribution in [-0.2, 0) is 4.79 Å². The second-order valence-electron chi connectivity index (χ2n) is 7.74. The molecule has 170 valence electrons. The number of aromatic hydroxyl groups is 2. The van der Waals surface area contributed by atoms with Crippen molar-refractivity contribution in [3.8, 4) is 17.2 Å². The number of aliphatic hydroxyl groups excluding tert-OH is 1. The number of aliphatic hydroxyl groups is 1. The van der Waals surface area contributed by atoms with Crippen molar-refractivity contribution in [2.45, 2.75) is 6.04 Å². The molecule has 0 saturated heterocycles. The van der Waals surface area contributed by atoms with E-state index >= 15 is 0 Å². The number of methoxy groups -OCH3 is 1. The number of Topliss-reactive ketones (excluding diaryl/α,β-unsaturated/α-hetero) is 1. The summed E-state index contributed by atoms with van der Waals surface area (Å²) in [5, 5.41) is 31.6. The first kappa shape index (κ1) is 21.1. The molecule has 0 saturated carbocycles. The zero-order chi connectivity index (χ0) is 24.0. The number of ether oxygens (including phenoxy) is 1. The quantitative estimate of drug-likeness (QED) is 0.374. The Bertz CT molecular complexity index is 1470. The van der Waals surface area contributed by atoms with Crippen LogP contribution in [0.3, 0.4) is 0 Å². The number of hydrogen-bond donors (Lipinski definition) is 3. The van der Waals surface area contributed by atoms with Crippen LogP contribution in [0.2, 0.25) is 0 Å². The molecule has 2 heterocycles. The normalized spacial score (nSPS) is 15.9. The number of phenols is 2. The Hall–Kier alpha value is -4.72. The maximum Gasteiger partial charge on any atom is 0.294 e. The van der Waals surface area contributed by atoms with Crippen molar-refractivity contribution in [1.29, 1.82) is 0 Å². The zero-order valence-corrected chi connectivity index (χ0v) is 17.9. The Morgan fingerprint density at radius 1 is 0.971 bits per heavy atom. The summed E-state index contributed by atoms with van der Waals surface area (Å²) in [7, 11) is 1.48. The Labute approximate surface area is 193 Å². The summed E-state index contributed by atoms with van der Waals surface area (Å²) in [5.41, 5.74) is 0.704. The highest BCUT2D eigenvalue weighted by molar-refractivity contribution is 6.21. The summed E-state index contributed by atoms with van der Waals surface area (Å²) in [6.45, 7) is 0. The van der Waals surface area contributed by atoms with E-state index in [1.54, 1.807) is 30.3 Å². The smallest absolute Gasteiger partial charge is 0.294 e. The number of phenolic OH excluding ortho intramolecular Hbond substituents is 2. The van der Waals surface area contributed by atoms with Gasteiger partial charge in [0.15, 0.2) is 22.9 Å². The number of rotatable bonds is 5. The van der Waals surface area contributed by atoms with Gasteiger partial charge in [0.25, 0.3) is 5.91 Å². The average Bonchev–Trinajstić information content (AvgIpc) is 3.39. The SMILES string of the molecule is COc1cccc2cc(C(=O)C3=C(O)C(=O)N(c4ccccc4O)C3c3ccc(O)cc3)oc12. The molecule has 0 fully saturated rings. The molecule has 0 spiro atoms. The van der Waals surface area contributed by atoms with E-state index in [0.717, 1.165) is 4.90 Å². The minimum Gasteiger partial charge on any atom is -0.508 e. The van der Waals surface area contributed by atoms with Gasteiger partial charge in [0, 0.05) is 5.39 Å². The number of nitrogens with zero attached hydrogens (tertiary/aromatic N) is 1. The molecule has 1 aliphatic rings. The second-order valence-corrected chi connectivity index (χ2v) is 7.74. The van der Waals surface area contributed by atoms with Gasteiger partial charge in [0.2, 0.25) is 5.78 Å². The first-order chi connectivity index (χ1) is 16.4. The van der Waals surface area contributed by atoms with Gasteiger partial charge in [-0.2, -0.15) is 0 Å². The Morgan fingerprint density at radius 3 is 2.41 bits per heavy atom. The van der Waals surface area contributed by atoms with Crippen LogP contribution in [0.5, 0.6) is 17.2 Å². The van der Waals surface area contributed by atoms with Crippen molar-refractivity contribution in [2.75, 3.05) is 12.0 Å². The third-order valence-electron chi connectivity index (χ3n) is 5.75. The number of amides is 1. The van der Waals surface area contributed by atoms with E-state index in [-0.39, 0.29) is 28.5 Å². The van der Waals surface area contributed by atoms with Gasteiger partial charge in [-0.1, -0.05) is 36.4 Å². The maximum atomic E-state index is 13.6. The van der Waals surface area contributed by atoms with Crippen LogP contribution >= 0.6 is 0 Å². The van der Waals surface area contributed by atoms with Crippen LogP contribution in [0, 0.1) is 0 Å². The van der Waals surface area contributed by atoms with Crippen molar-refractivity contribution >= 4 is 28.3 Å². The number of ketones is 1. The topological polar surface area (TPSA) is 120 Å². The Morgan fingerprint density at radius 2 is 1.71 bits per heavy atom. The molecule has 1 amide bonds. The number of anilines is 1. The highest BCUT2D eigenvalue weighted by atomic mass is 16.5. The fraction of sp³-hybridized carbons (Fsp3) is 0.0769. The lowest BCUT2D eigenvalue weighted by Crippen LogP contribution is -2.31. The summed E-state index contributed by atoms with van der Waals surface area (Å²) in [6, 6.07) is 17.6. The molecule has 3 aromatic carbocycles. The average molecular weight is 457 g/mol. The fourth-order valence-corrected chi connectivity index (χ4v) is 4.17. The molecular weight excluding hydrogens is 438 g/mol. The summed E-state index contributed by atoms with van der Waals surface area (Å²) < 4.78 is 11.1. The molecule has 0 radical (unpaired) electrons. The first-order valence-corrected chi connectivity index (χ1v) is 10.4. The summed E-state index contributed by atoms with van der Waals surface area (Å²) in [4.78, 5) is 28.0. The monoisotopic (exact) mass is 457 g/mol. The number of hydrogen-bond acceptors (Lipinski definition) is 7. The van der Waals surface area contributed by atoms with Gasteiger partial charge in [-0.15, -0.1) is 0 Å². The van der Waals surface area contributed by atoms with Gasteiger partial charge >= 0.3 is 0 Å². The minimum absolute atomic E-state index is 0.00682. The van der Waals surface area contributed by atoms with E-state index in [4.69, 9.17) is 9.15 Å². The van der Waals surface area contributed by atoms with Crippen LogP contribution in [0.4, 0.5) is 5.69 Å². The molecule has 34 heavy (non-hydrogen) atoms. The molecule has 1 atom stereocenters. The van der Waals surface area contributed by atoms with Crippen molar-refractivity contribution < 1.29 is 34.1 Å². The number of carbonyl (C=O) groups excluding carboxylic acids is 2. The summed E-state index contributed by atoms with van der Waals surface area (Å²) >= 11 is 0. The van der Waals surface area contributed by atoms with Gasteiger partial charge in [0.05, 0.1) is 24.4 Å². The van der Waals surface area contributed by atoms with E-state index in [0.29, 0.717) is 22.3 Å². The molecular formula is C26H19NO7. The third-order valence-corrected chi connectivity index (χ3v) is 5.75. The van der Waals surface area contributed by atoms with Gasteiger partial charge < -0.3 is 24.5 Å². The minimum atomic E-state index is -1.08. The number of furan rings is 1. The Balaban J connectivity index is 1.68. The molecule has 1 unspecified atom stereocenters. The largest absolute Gasteiger partial charge is 0.508 e. The third kappa shape index (κ3) is 3.24. The van der Waals surface area contributed by atoms with Gasteiger partial charge in [-0.3, -0.25) is 14.5 Å². The molecule has 1 aromatic heterocycles. The molecule has 4 aromatic rings. The second kappa shape index (κ2) is 8.00. The van der Waals surface area contributed by atoms with E-state index in [1.807, 2.05) is 0 Å². The molecule has 8 heteroatoms. The predicted octanol–water partition coefficient (Wildman–Crippen LogP) is 4.64. The van der Waals surface area contributed by atoms with E-state index < -0.39 is 23.5 Å². The van der Waals surface area contributed by atoms with Gasteiger partial charge in [0.1, 0.15) is 11.5 Å². The number of para-hydroxylation sites is 3. The maximum absolute atomic E-state index is 13.6. The van der Waals surface area contributed by atoms with Crippen molar-refractivity contribution in [2.24, 2.45) is 0 Å². The van der Waals surface area contributed by atoms with Crippen LogP contribution in [-0.4, -0.2) is 34.1 Å². The summed E-state index contributed by atoms with van der Waals surface area (Å²) in [6.07, 6.45) is 0. The van der Waals surface area contributed by atoms with Crippen molar-refractivity contribution in [1.82, 2.24) is 0 Å². The van der Waals surface area contributed by atoms with Crippen LogP contribution in [0.1, 0.15) is 22.2 Å². The number of fused-ring (bicyclic) bond motifs is 1. The number of benzene rings is 3. The van der Waals surface area contributed by atoms with E-state index in [2.05, 4.69) is 0 Å². The standard InChI is InChI=1S/C26H19NO7/c1-33-19-8-4-5-15-13-20(34-25(15)19)23(30)21-22(14-9-11-16(28)12-10-14)27(26(32)24(21)31)17-6-2-3-7-18(17)29/h2-13,22,28-29,31H,1H3. The first-order valence-electron chi connectivity index (χ1n) is 10.4. The van der Waals surface area contributed by atoms with E-state index in [9.17, 15) is 24.9 Å². The lowest BCUT2D eigenvalue weighted by Gasteiger charge is -2.27. The predicted molar refractivity (Wildman–Crippen MR) is 123 cm³/mol. The fourth-order valence-electron chi connectivity index (χ4n) is 4.17. The van der Waals surface area contributed by atoms with Gasteiger partial charge in [-0.25, -0.2) is 0 Å². The number of carbonyl (C=O) groups is 2. The van der Waals surface area contributed by atoms with E-state index in [1.165, 1.54) is 49.6 Å². The molecule has 1 aliphatic heterocycles. The highest BCUT2D eigenvalue weighted by Crippen LogP contribution is 2.45. The molecule has 3 N–H and O–H groups in total. The van der Waals surface area contributed by atoms with Crippen LogP contribution in [0.25, 0.3) is 11.0 Å². The Kier molecular flexibility index (Phi) is 4.98. The van der Waals surface area contributed by atoms with Crippen LogP contribution < -0.4 is 9.64 Å². The van der Waals surface area contributed by atoms with Crippen molar-refractivity contribution in [3.05, 3.63) is 95.5 Å². The van der Waals surface area contributed by atoms with Gasteiger partial charge in [-0.05, 0) is 42.0 Å². The lowest BCUT2D eigenvalue weighted by atomic mass is 9.94. The van der Waals surface area contributed by atoms with Crippen LogP contribution in [0.15, 0.2) is 88.5 Å². The highest BCUT2D eigenvalue weighted by Gasteiger charge is 2.46. The molecule has 0 bridgehead atoms. The molecule has 0 aliphatic carbocycles. The molecule has 8 nitrogen and oxygen atoms in total. The molecule has 5 rings (SSSR count). The lowest BCUT2D eigenvalue weighted by molar-refractivity contribution is -0.117. The summed E-state index contributed by atoms with van der Waals surface area (Å²) in [5.74, 6) is -2.15. The van der Waals surface area contributed by atoms with Crippen molar-refractivity contribution in [3.63, 3.8) is 0 Å².